The Bertz CT molecular complexity index is 635. The summed E-state index contributed by atoms with van der Waals surface area (Å²) in [5.74, 6) is 1.73. The van der Waals surface area contributed by atoms with E-state index in [4.69, 9.17) is 0 Å². The van der Waals surface area contributed by atoms with Crippen molar-refractivity contribution < 1.29 is 14.7 Å². The van der Waals surface area contributed by atoms with Crippen molar-refractivity contribution in [3.63, 3.8) is 0 Å². The molecule has 0 aromatic heterocycles. The smallest absolute Gasteiger partial charge is 0.161 e. The molecule has 0 saturated heterocycles. The first-order valence-corrected chi connectivity index (χ1v) is 9.67. The monoisotopic (exact) mass is 330 g/mol. The number of hydrogen-bond acceptors (Lipinski definition) is 3. The topological polar surface area (TPSA) is 54.4 Å². The van der Waals surface area contributed by atoms with E-state index in [2.05, 4.69) is 19.9 Å². The van der Waals surface area contributed by atoms with Gasteiger partial charge in [-0.2, -0.15) is 0 Å². The molecule has 0 aromatic rings. The van der Waals surface area contributed by atoms with Crippen molar-refractivity contribution in [1.29, 1.82) is 0 Å². The molecule has 0 bridgehead atoms. The molecule has 24 heavy (non-hydrogen) atoms. The van der Waals surface area contributed by atoms with Crippen LogP contribution < -0.4 is 0 Å². The predicted molar refractivity (Wildman–Crippen MR) is 92.3 cm³/mol. The maximum Gasteiger partial charge on any atom is 0.161 e. The first-order chi connectivity index (χ1) is 11.2. The maximum atomic E-state index is 12.2. The molecule has 3 heteroatoms. The second-order valence-electron chi connectivity index (χ2n) is 9.40. The molecule has 6 atom stereocenters. The molecular weight excluding hydrogens is 300 g/mol. The number of ketones is 2. The van der Waals surface area contributed by atoms with Crippen molar-refractivity contribution in [1.82, 2.24) is 0 Å². The van der Waals surface area contributed by atoms with E-state index in [9.17, 15) is 14.7 Å². The van der Waals surface area contributed by atoms with Gasteiger partial charge in [0, 0.05) is 18.3 Å². The van der Waals surface area contributed by atoms with Gasteiger partial charge in [-0.05, 0) is 68.6 Å². The summed E-state index contributed by atoms with van der Waals surface area (Å²) in [5, 5.41) is 11.1. The summed E-state index contributed by atoms with van der Waals surface area (Å²) in [6.07, 6.45) is 9.39. The Morgan fingerprint density at radius 3 is 2.58 bits per heavy atom. The molecule has 4 aliphatic carbocycles. The van der Waals surface area contributed by atoms with E-state index in [1.165, 1.54) is 5.57 Å². The fourth-order valence-electron chi connectivity index (χ4n) is 6.90. The van der Waals surface area contributed by atoms with Crippen molar-refractivity contribution in [2.45, 2.75) is 77.7 Å². The van der Waals surface area contributed by atoms with E-state index < -0.39 is 5.60 Å². The van der Waals surface area contributed by atoms with E-state index in [0.717, 1.165) is 44.9 Å². The number of Topliss-reactive ketones (excluding diaryl/α,β-unsaturated/α-hetero) is 2. The SMILES string of the molecule is CC(=O)[C@@]1(O)CC[C@H]2C3=CC[C@@H]4CC(=O)CC[C@]4(C)[C@H]3CC[C@@]21C. The van der Waals surface area contributed by atoms with Crippen LogP contribution in [0.15, 0.2) is 11.6 Å². The van der Waals surface area contributed by atoms with Gasteiger partial charge in [0.2, 0.25) is 0 Å². The lowest BCUT2D eigenvalue weighted by Gasteiger charge is -2.57. The minimum absolute atomic E-state index is 0.0605. The maximum absolute atomic E-state index is 12.2. The van der Waals surface area contributed by atoms with Crippen LogP contribution in [0.2, 0.25) is 0 Å². The molecule has 0 amide bonds. The highest BCUT2D eigenvalue weighted by Gasteiger charge is 2.64. The quantitative estimate of drug-likeness (QED) is 0.743. The highest BCUT2D eigenvalue weighted by atomic mass is 16.3. The fourth-order valence-corrected chi connectivity index (χ4v) is 6.90. The molecule has 0 unspecified atom stereocenters. The lowest BCUT2D eigenvalue weighted by atomic mass is 9.47. The first-order valence-electron chi connectivity index (χ1n) is 9.67. The molecular formula is C21H30O3. The molecule has 0 aromatic carbocycles. The lowest BCUT2D eigenvalue weighted by molar-refractivity contribution is -0.152. The highest BCUT2D eigenvalue weighted by molar-refractivity contribution is 5.86. The third-order valence-corrected chi connectivity index (χ3v) is 8.63. The standard InChI is InChI=1S/C21H30O3/c1-13(22)21(24)11-8-18-16-5-4-14-12-15(23)6-9-19(14,2)17(16)7-10-20(18,21)3/h5,14,17-18,24H,4,6-12H2,1-3H3/t14-,17+,18+,19+,20+,21+/m1/s1. The van der Waals surface area contributed by atoms with Gasteiger partial charge in [0.25, 0.3) is 0 Å². The summed E-state index contributed by atoms with van der Waals surface area (Å²) in [6.45, 7) is 6.09. The summed E-state index contributed by atoms with van der Waals surface area (Å²) in [5.41, 5.74) is 0.281. The Morgan fingerprint density at radius 2 is 1.88 bits per heavy atom. The van der Waals surface area contributed by atoms with Crippen molar-refractivity contribution in [3.8, 4) is 0 Å². The zero-order valence-electron chi connectivity index (χ0n) is 15.2. The number of allylic oxidation sites excluding steroid dienone is 2. The van der Waals surface area contributed by atoms with Crippen LogP contribution in [-0.2, 0) is 9.59 Å². The molecule has 3 saturated carbocycles. The molecule has 0 aliphatic heterocycles. The highest BCUT2D eigenvalue weighted by Crippen LogP contribution is 2.66. The number of rotatable bonds is 1. The number of aliphatic hydroxyl groups is 1. The Kier molecular flexibility index (Phi) is 3.46. The molecule has 4 rings (SSSR count). The molecule has 0 spiro atoms. The molecule has 3 fully saturated rings. The van der Waals surface area contributed by atoms with Crippen molar-refractivity contribution >= 4 is 11.6 Å². The fraction of sp³-hybridized carbons (Fsp3) is 0.810. The Balaban J connectivity index is 1.72. The first kappa shape index (κ1) is 16.5. The van der Waals surface area contributed by atoms with Gasteiger partial charge < -0.3 is 5.11 Å². The predicted octanol–water partition coefficient (Wildman–Crippen LogP) is 3.84. The van der Waals surface area contributed by atoms with Gasteiger partial charge in [-0.25, -0.2) is 0 Å². The molecule has 3 nitrogen and oxygen atoms in total. The van der Waals surface area contributed by atoms with Crippen LogP contribution in [0.4, 0.5) is 0 Å². The van der Waals surface area contributed by atoms with Gasteiger partial charge in [-0.15, -0.1) is 0 Å². The van der Waals surface area contributed by atoms with Gasteiger partial charge in [0.05, 0.1) is 0 Å². The van der Waals surface area contributed by atoms with Crippen LogP contribution in [-0.4, -0.2) is 22.3 Å². The summed E-state index contributed by atoms with van der Waals surface area (Å²) >= 11 is 0. The van der Waals surface area contributed by atoms with Crippen LogP contribution in [0.5, 0.6) is 0 Å². The van der Waals surface area contributed by atoms with Gasteiger partial charge >= 0.3 is 0 Å². The van der Waals surface area contributed by atoms with Crippen molar-refractivity contribution in [3.05, 3.63) is 11.6 Å². The molecule has 0 heterocycles. The number of carbonyl (C=O) groups excluding carboxylic acids is 2. The Morgan fingerprint density at radius 1 is 1.17 bits per heavy atom. The third-order valence-electron chi connectivity index (χ3n) is 8.63. The van der Waals surface area contributed by atoms with E-state index in [-0.39, 0.29) is 16.6 Å². The van der Waals surface area contributed by atoms with Crippen molar-refractivity contribution in [2.75, 3.05) is 0 Å². The van der Waals surface area contributed by atoms with E-state index in [1.807, 2.05) is 0 Å². The number of fused-ring (bicyclic) bond motifs is 5. The third kappa shape index (κ3) is 1.88. The minimum atomic E-state index is -1.15. The summed E-state index contributed by atoms with van der Waals surface area (Å²) in [4.78, 5) is 24.1. The van der Waals surface area contributed by atoms with Crippen LogP contribution in [0.3, 0.4) is 0 Å². The second-order valence-corrected chi connectivity index (χ2v) is 9.40. The van der Waals surface area contributed by atoms with Gasteiger partial charge in [-0.1, -0.05) is 25.5 Å². The van der Waals surface area contributed by atoms with Crippen LogP contribution >= 0.6 is 0 Å². The largest absolute Gasteiger partial charge is 0.381 e. The zero-order valence-corrected chi connectivity index (χ0v) is 15.2. The molecule has 132 valence electrons. The van der Waals surface area contributed by atoms with Gasteiger partial charge in [0.1, 0.15) is 11.4 Å². The van der Waals surface area contributed by atoms with E-state index >= 15 is 0 Å². The number of hydrogen-bond donors (Lipinski definition) is 1. The summed E-state index contributed by atoms with van der Waals surface area (Å²) in [6, 6.07) is 0. The summed E-state index contributed by atoms with van der Waals surface area (Å²) in [7, 11) is 0. The van der Waals surface area contributed by atoms with E-state index in [0.29, 0.717) is 30.0 Å². The Labute approximate surface area is 144 Å². The molecule has 1 N–H and O–H groups in total. The normalized spacial score (nSPS) is 50.6. The zero-order chi connectivity index (χ0) is 17.3. The number of carbonyl (C=O) groups is 2. The van der Waals surface area contributed by atoms with Crippen LogP contribution in [0, 0.1) is 28.6 Å². The average molecular weight is 330 g/mol. The van der Waals surface area contributed by atoms with Gasteiger partial charge in [0.15, 0.2) is 5.78 Å². The van der Waals surface area contributed by atoms with Crippen molar-refractivity contribution in [2.24, 2.45) is 28.6 Å². The van der Waals surface area contributed by atoms with Gasteiger partial charge in [-0.3, -0.25) is 9.59 Å². The van der Waals surface area contributed by atoms with Crippen LogP contribution in [0.1, 0.15) is 72.1 Å². The second kappa shape index (κ2) is 5.03. The summed E-state index contributed by atoms with van der Waals surface area (Å²) < 4.78 is 0. The van der Waals surface area contributed by atoms with E-state index in [1.54, 1.807) is 6.92 Å². The average Bonchev–Trinajstić information content (AvgIpc) is 2.81. The lowest BCUT2D eigenvalue weighted by Crippen LogP contribution is -2.55. The minimum Gasteiger partial charge on any atom is -0.381 e. The Hall–Kier alpha value is -0.960. The molecule has 4 aliphatic rings. The van der Waals surface area contributed by atoms with Crippen LogP contribution in [0.25, 0.3) is 0 Å². The molecule has 0 radical (unpaired) electrons.